The van der Waals surface area contributed by atoms with Gasteiger partial charge in [-0.1, -0.05) is 59.1 Å². The number of halogens is 8. The van der Waals surface area contributed by atoms with Crippen LogP contribution in [-0.2, 0) is 67.0 Å². The largest absolute Gasteiger partial charge is 0.397 e. The molecule has 12 atom stereocenters. The number of methoxy groups -OCH3 is 1. The van der Waals surface area contributed by atoms with Crippen LogP contribution in [0.2, 0.25) is 0 Å². The van der Waals surface area contributed by atoms with E-state index in [1.165, 1.54) is 64.1 Å². The number of hydrogen-bond donors (Lipinski definition) is 3. The number of hydrogen-bond acceptors (Lipinski definition) is 14. The van der Waals surface area contributed by atoms with E-state index in [2.05, 4.69) is 16.0 Å². The third-order valence-corrected chi connectivity index (χ3v) is 26.2. The standard InChI is InChI=1S/C80H122F8N12O14/c1-12-47(2)66-74(110)93(6)43-64(103)94(7)57-26-15-13-20-35-99(73(57)109)60(38-48-27-30-51(31-28-48)79(83,84)85)71(107)92(5)42-62(101)89-56(32-29-49-36-54(81)65(55(82)37-49)80(86,87)88)70(106)100-41-53(114-52-24-21-25-52)39-58(100)69(105)91-78(45-77(3,4)46-78)76(112)97(10)67(50-22-16-17-23-50)75(111)96(9)59(72(108)98-33-18-14-19-34-98)40-63(102)95(8)61(44-113-11)68(104)90-66/h13,15,47-61,65-67H,12,14,16-46H2,1-11H3,(H,89,101)(H,90,104)(H,91,105)/b15-13-/t47-,48?,49?,51?,53+,54?,55?,56-,57-,58-,59-,60-,61-,65?,66-,67-/m0/s1. The molecular weight excluding hydrogens is 1500 g/mol. The minimum Gasteiger partial charge on any atom is -0.382 e. The van der Waals surface area contributed by atoms with Crippen molar-refractivity contribution < 1.29 is 102 Å². The lowest BCUT2D eigenvalue weighted by Gasteiger charge is -2.54. The number of carbonyl (C=O) groups excluding carboxylic acids is 12. The summed E-state index contributed by atoms with van der Waals surface area (Å²) in [6.45, 7) is 5.40. The number of piperidine rings is 1. The van der Waals surface area contributed by atoms with E-state index in [9.17, 15) is 45.5 Å². The van der Waals surface area contributed by atoms with Gasteiger partial charge in [0.25, 0.3) is 0 Å². The maximum atomic E-state index is 16.0. The Kier molecular flexibility index (Phi) is 30.6. The van der Waals surface area contributed by atoms with Gasteiger partial charge in [-0.3, -0.25) is 57.5 Å². The molecule has 5 saturated carbocycles. The van der Waals surface area contributed by atoms with Crippen molar-refractivity contribution >= 4 is 70.9 Å². The highest BCUT2D eigenvalue weighted by atomic mass is 19.4. The maximum absolute atomic E-state index is 16.0. The number of nitrogens with zero attached hydrogens (tertiary/aromatic N) is 9. The molecule has 4 heterocycles. The third kappa shape index (κ3) is 21.5. The number of alkyl halides is 8. The van der Waals surface area contributed by atoms with Crippen LogP contribution >= 0.6 is 0 Å². The van der Waals surface area contributed by atoms with E-state index in [0.29, 0.717) is 70.9 Å². The molecule has 9 rings (SSSR count). The lowest BCUT2D eigenvalue weighted by molar-refractivity contribution is -0.219. The van der Waals surface area contributed by atoms with E-state index >= 15 is 47.1 Å². The van der Waals surface area contributed by atoms with E-state index < -0.39 is 242 Å². The molecule has 0 aromatic rings. The molecule has 1 spiro atoms. The fraction of sp³-hybridized carbons (Fsp3) is 0.825. The lowest BCUT2D eigenvalue weighted by atomic mass is 9.58. The fourth-order valence-corrected chi connectivity index (χ4v) is 19.1. The van der Waals surface area contributed by atoms with E-state index in [4.69, 9.17) is 9.47 Å². The molecule has 12 amide bonds. The van der Waals surface area contributed by atoms with Crippen LogP contribution in [0.4, 0.5) is 35.1 Å². The normalized spacial score (nSPS) is 33.0. The highest BCUT2D eigenvalue weighted by Crippen LogP contribution is 2.51. The van der Waals surface area contributed by atoms with E-state index in [-0.39, 0.29) is 89.8 Å². The molecule has 34 heteroatoms. The Morgan fingerprint density at radius 2 is 1.24 bits per heavy atom. The molecule has 0 radical (unpaired) electrons. The second-order valence-corrected chi connectivity index (χ2v) is 35.0. The summed E-state index contributed by atoms with van der Waals surface area (Å²) in [5.41, 5.74) is -2.38. The monoisotopic (exact) mass is 1630 g/mol. The van der Waals surface area contributed by atoms with E-state index in [1.807, 2.05) is 13.8 Å². The molecular formula is C80H122F8N12O14. The molecule has 0 aromatic carbocycles. The van der Waals surface area contributed by atoms with Crippen LogP contribution in [0.15, 0.2) is 12.2 Å². The Morgan fingerprint density at radius 3 is 1.82 bits per heavy atom. The number of rotatable bonds is 13. The van der Waals surface area contributed by atoms with Crippen LogP contribution in [0.3, 0.4) is 0 Å². The highest BCUT2D eigenvalue weighted by molar-refractivity contribution is 6.01. The molecule has 0 aromatic heterocycles. The molecule has 9 aliphatic rings. The first kappa shape index (κ1) is 90.7. The lowest BCUT2D eigenvalue weighted by Crippen LogP contribution is -2.71. The van der Waals surface area contributed by atoms with Crippen LogP contribution in [0.5, 0.6) is 0 Å². The van der Waals surface area contributed by atoms with Gasteiger partial charge in [-0.15, -0.1) is 0 Å². The molecule has 642 valence electrons. The van der Waals surface area contributed by atoms with Crippen molar-refractivity contribution in [2.45, 2.75) is 285 Å². The quantitative estimate of drug-likeness (QED) is 0.123. The summed E-state index contributed by atoms with van der Waals surface area (Å²) >= 11 is 0. The number of ether oxygens (including phenoxy) is 2. The van der Waals surface area contributed by atoms with Crippen LogP contribution in [0.25, 0.3) is 0 Å². The summed E-state index contributed by atoms with van der Waals surface area (Å²) < 4.78 is 128. The van der Waals surface area contributed by atoms with Crippen molar-refractivity contribution in [2.75, 3.05) is 95.3 Å². The molecule has 114 heavy (non-hydrogen) atoms. The first-order valence-corrected chi connectivity index (χ1v) is 41.2. The number of likely N-dealkylation sites (tertiary alicyclic amines) is 1. The SMILES string of the molecule is CC[C@H](C)[C@@H]1NC(=O)[C@H](COC)N(C)C(=O)C[C@@H](C(=O)N2CCCCC2)N(C)C(=O)[C@H](C2CCCC2)N(C)C(=O)C2(CC(C)(C)C2)NC(=O)[C@@H]2C[C@@H](OC3CCC3)CN2C(=O)[C@H](CCC2CC(F)C(C(F)(F)F)C(F)C2)NC(=O)CN(C)C(=O)[C@H](CC2CCC(C(F)(F)F)CC2)N2CC/C=C\C[C@@H](C2=O)N(C)C(=O)CN(C)C1=O. The van der Waals surface area contributed by atoms with Crippen LogP contribution in [-0.4, -0.2) is 301 Å². The topological polar surface area (TPSA) is 289 Å². The van der Waals surface area contributed by atoms with E-state index in [0.717, 1.165) is 37.3 Å². The van der Waals surface area contributed by atoms with Crippen molar-refractivity contribution in [3.63, 3.8) is 0 Å². The predicted molar refractivity (Wildman–Crippen MR) is 402 cm³/mol. The summed E-state index contributed by atoms with van der Waals surface area (Å²) in [7, 11) is 9.30. The zero-order chi connectivity index (χ0) is 83.8. The van der Waals surface area contributed by atoms with Gasteiger partial charge in [0, 0.05) is 82.0 Å². The maximum Gasteiger partial charge on any atom is 0.397 e. The molecule has 8 fully saturated rings. The van der Waals surface area contributed by atoms with Crippen molar-refractivity contribution in [1.29, 1.82) is 0 Å². The highest BCUT2D eigenvalue weighted by Gasteiger charge is 2.60. The Morgan fingerprint density at radius 1 is 0.605 bits per heavy atom. The Labute approximate surface area is 664 Å². The van der Waals surface area contributed by atoms with Gasteiger partial charge in [0.2, 0.25) is 70.9 Å². The van der Waals surface area contributed by atoms with Crippen molar-refractivity contribution in [2.24, 2.45) is 40.9 Å². The van der Waals surface area contributed by atoms with Crippen LogP contribution in [0.1, 0.15) is 195 Å². The van der Waals surface area contributed by atoms with Gasteiger partial charge in [0.1, 0.15) is 72.1 Å². The molecule has 3 saturated heterocycles. The predicted octanol–water partition coefficient (Wildman–Crippen LogP) is 7.04. The molecule has 2 unspecified atom stereocenters. The summed E-state index contributed by atoms with van der Waals surface area (Å²) in [6, 6.07) is -11.7. The Balaban J connectivity index is 1.13. The van der Waals surface area contributed by atoms with Crippen LogP contribution in [0, 0.1) is 40.9 Å². The summed E-state index contributed by atoms with van der Waals surface area (Å²) in [5, 5.41) is 8.51. The minimum atomic E-state index is -5.22. The Hall–Kier alpha value is -7.26. The first-order chi connectivity index (χ1) is 53.6. The van der Waals surface area contributed by atoms with Gasteiger partial charge >= 0.3 is 12.4 Å². The number of fused-ring (bicyclic) bond motifs is 3. The molecule has 5 aliphatic carbocycles. The Bertz CT molecular complexity index is 3460. The van der Waals surface area contributed by atoms with Gasteiger partial charge in [0.15, 0.2) is 0 Å². The second-order valence-electron chi connectivity index (χ2n) is 35.0. The summed E-state index contributed by atoms with van der Waals surface area (Å²) in [6.07, 6.45) is -9.90. The number of nitrogens with one attached hydrogen (secondary N) is 3. The smallest absolute Gasteiger partial charge is 0.382 e. The third-order valence-electron chi connectivity index (χ3n) is 26.2. The second kappa shape index (κ2) is 38.4. The van der Waals surface area contributed by atoms with Crippen molar-refractivity contribution in [3.8, 4) is 0 Å². The number of amides is 12. The van der Waals surface area contributed by atoms with Crippen LogP contribution < -0.4 is 16.0 Å². The number of carbonyl (C=O) groups is 12. The summed E-state index contributed by atoms with van der Waals surface area (Å²) in [4.78, 5) is 195. The zero-order valence-electron chi connectivity index (χ0n) is 68.1. The first-order valence-electron chi connectivity index (χ1n) is 41.2. The van der Waals surface area contributed by atoms with Gasteiger partial charge in [-0.2, -0.15) is 26.3 Å². The fourth-order valence-electron chi connectivity index (χ4n) is 19.1. The molecule has 2 bridgehead atoms. The number of likely N-dealkylation sites (N-methyl/N-ethyl adjacent to an activating group) is 6. The van der Waals surface area contributed by atoms with Crippen molar-refractivity contribution in [1.82, 2.24) is 60.0 Å². The van der Waals surface area contributed by atoms with Gasteiger partial charge in [0.05, 0.1) is 44.2 Å². The summed E-state index contributed by atoms with van der Waals surface area (Å²) in [5.74, 6) is -16.9. The van der Waals surface area contributed by atoms with Gasteiger partial charge in [-0.05, 0) is 164 Å². The molecule has 26 nitrogen and oxygen atoms in total. The average molecular weight is 1630 g/mol. The minimum absolute atomic E-state index is 0.00810. The molecule has 4 aliphatic heterocycles. The molecule has 3 N–H and O–H groups in total. The van der Waals surface area contributed by atoms with Crippen molar-refractivity contribution in [3.05, 3.63) is 12.2 Å². The average Bonchev–Trinajstić information content (AvgIpc) is 0.917. The van der Waals surface area contributed by atoms with Gasteiger partial charge in [-0.25, -0.2) is 8.78 Å². The van der Waals surface area contributed by atoms with E-state index in [1.54, 1.807) is 30.9 Å². The van der Waals surface area contributed by atoms with Gasteiger partial charge < -0.3 is 69.5 Å². The zero-order valence-corrected chi connectivity index (χ0v) is 68.1.